The number of aryl methyl sites for hydroxylation is 1. The number of ether oxygens (including phenoxy) is 1. The number of aromatic nitrogens is 1. The van der Waals surface area contributed by atoms with Gasteiger partial charge in [0, 0.05) is 25.3 Å². The molecule has 1 amide bonds. The van der Waals surface area contributed by atoms with Crippen LogP contribution in [0.3, 0.4) is 0 Å². The average Bonchev–Trinajstić information content (AvgIpc) is 2.44. The highest BCUT2D eigenvalue weighted by Crippen LogP contribution is 2.31. The lowest BCUT2D eigenvalue weighted by Gasteiger charge is -2.34. The van der Waals surface area contributed by atoms with Gasteiger partial charge in [-0.15, -0.1) is 0 Å². The van der Waals surface area contributed by atoms with E-state index < -0.39 is 16.6 Å². The Kier molecular flexibility index (Phi) is 5.26. The third kappa shape index (κ3) is 4.56. The lowest BCUT2D eigenvalue weighted by Crippen LogP contribution is -2.49. The van der Waals surface area contributed by atoms with Gasteiger partial charge >= 0.3 is 11.8 Å². The molecule has 0 aliphatic carbocycles. The molecule has 1 atom stereocenters. The molecule has 1 aromatic rings. The number of carbonyl (C=O) groups is 1. The van der Waals surface area contributed by atoms with E-state index >= 15 is 0 Å². The molecule has 0 saturated carbocycles. The summed E-state index contributed by atoms with van der Waals surface area (Å²) >= 11 is 0. The molecule has 0 spiro atoms. The molecule has 1 aromatic heterocycles. The molecule has 0 aromatic carbocycles. The van der Waals surface area contributed by atoms with E-state index in [1.54, 1.807) is 19.2 Å². The number of nitrogens with zero attached hydrogens (tertiary/aromatic N) is 3. The van der Waals surface area contributed by atoms with Crippen molar-refractivity contribution in [3.8, 4) is 0 Å². The van der Waals surface area contributed by atoms with Gasteiger partial charge in [-0.3, -0.25) is 15.1 Å². The maximum Gasteiger partial charge on any atom is 0.407 e. The fourth-order valence-electron chi connectivity index (χ4n) is 2.81. The van der Waals surface area contributed by atoms with Crippen molar-refractivity contribution in [1.82, 2.24) is 10.3 Å². The van der Waals surface area contributed by atoms with Gasteiger partial charge in [-0.05, 0) is 46.6 Å². The SMILES string of the molecule is Cc1nccc(N2CCC[C@@H](NC(=O)OC(C)(C)C)C2)c1[N+](=O)[O-]. The van der Waals surface area contributed by atoms with E-state index in [0.29, 0.717) is 24.5 Å². The maximum absolute atomic E-state index is 11.9. The summed E-state index contributed by atoms with van der Waals surface area (Å²) in [6.45, 7) is 8.26. The number of amides is 1. The zero-order valence-corrected chi connectivity index (χ0v) is 14.5. The Labute approximate surface area is 141 Å². The van der Waals surface area contributed by atoms with E-state index in [1.165, 1.54) is 0 Å². The van der Waals surface area contributed by atoms with E-state index in [9.17, 15) is 14.9 Å². The number of piperidine rings is 1. The number of nitro groups is 1. The standard InChI is InChI=1S/C16H24N4O4/c1-11-14(20(22)23)13(7-8-17-11)19-9-5-6-12(10-19)18-15(21)24-16(2,3)4/h7-8,12H,5-6,9-10H2,1-4H3,(H,18,21)/t12-/m1/s1. The van der Waals surface area contributed by atoms with Gasteiger partial charge in [-0.25, -0.2) is 4.79 Å². The number of pyridine rings is 1. The third-order valence-electron chi connectivity index (χ3n) is 3.75. The molecule has 1 saturated heterocycles. The largest absolute Gasteiger partial charge is 0.444 e. The van der Waals surface area contributed by atoms with Crippen LogP contribution in [-0.2, 0) is 4.74 Å². The van der Waals surface area contributed by atoms with Crippen molar-refractivity contribution in [2.75, 3.05) is 18.0 Å². The zero-order valence-electron chi connectivity index (χ0n) is 14.5. The van der Waals surface area contributed by atoms with E-state index in [0.717, 1.165) is 12.8 Å². The zero-order chi connectivity index (χ0) is 17.9. The molecule has 24 heavy (non-hydrogen) atoms. The molecule has 0 bridgehead atoms. The molecule has 2 heterocycles. The van der Waals surface area contributed by atoms with Crippen molar-refractivity contribution in [1.29, 1.82) is 0 Å². The first-order chi connectivity index (χ1) is 11.2. The van der Waals surface area contributed by atoms with Crippen molar-refractivity contribution >= 4 is 17.5 Å². The highest BCUT2D eigenvalue weighted by Gasteiger charge is 2.29. The Hall–Kier alpha value is -2.38. The number of nitrogens with one attached hydrogen (secondary N) is 1. The minimum Gasteiger partial charge on any atom is -0.444 e. The first-order valence-electron chi connectivity index (χ1n) is 8.02. The van der Waals surface area contributed by atoms with Crippen molar-refractivity contribution < 1.29 is 14.5 Å². The van der Waals surface area contributed by atoms with Crippen LogP contribution in [0.1, 0.15) is 39.3 Å². The lowest BCUT2D eigenvalue weighted by molar-refractivity contribution is -0.385. The Bertz CT molecular complexity index is 627. The van der Waals surface area contributed by atoms with Crippen LogP contribution in [-0.4, -0.2) is 40.7 Å². The van der Waals surface area contributed by atoms with Crippen LogP contribution in [0.15, 0.2) is 12.3 Å². The van der Waals surface area contributed by atoms with Gasteiger partial charge in [-0.2, -0.15) is 0 Å². The van der Waals surface area contributed by atoms with Crippen LogP contribution in [0, 0.1) is 17.0 Å². The highest BCUT2D eigenvalue weighted by atomic mass is 16.6. The summed E-state index contributed by atoms with van der Waals surface area (Å²) < 4.78 is 5.28. The number of carbonyl (C=O) groups excluding carboxylic acids is 1. The summed E-state index contributed by atoms with van der Waals surface area (Å²) in [5, 5.41) is 14.2. The summed E-state index contributed by atoms with van der Waals surface area (Å²) in [7, 11) is 0. The van der Waals surface area contributed by atoms with E-state index in [4.69, 9.17) is 4.74 Å². The minimum absolute atomic E-state index is 0.0235. The van der Waals surface area contributed by atoms with Crippen LogP contribution in [0.5, 0.6) is 0 Å². The predicted molar refractivity (Wildman–Crippen MR) is 90.2 cm³/mol. The number of rotatable bonds is 3. The molecular weight excluding hydrogens is 312 g/mol. The number of hydrogen-bond donors (Lipinski definition) is 1. The van der Waals surface area contributed by atoms with Gasteiger partial charge in [0.1, 0.15) is 17.0 Å². The molecule has 0 unspecified atom stereocenters. The smallest absolute Gasteiger partial charge is 0.407 e. The molecule has 1 aliphatic rings. The van der Waals surface area contributed by atoms with Crippen LogP contribution >= 0.6 is 0 Å². The van der Waals surface area contributed by atoms with Crippen molar-refractivity contribution in [2.45, 2.75) is 52.2 Å². The molecule has 8 heteroatoms. The monoisotopic (exact) mass is 336 g/mol. The molecule has 2 rings (SSSR count). The minimum atomic E-state index is -0.556. The van der Waals surface area contributed by atoms with E-state index in [-0.39, 0.29) is 11.7 Å². The van der Waals surface area contributed by atoms with Crippen LogP contribution in [0.2, 0.25) is 0 Å². The summed E-state index contributed by atoms with van der Waals surface area (Å²) in [6.07, 6.45) is 2.75. The fraction of sp³-hybridized carbons (Fsp3) is 0.625. The first-order valence-corrected chi connectivity index (χ1v) is 8.02. The van der Waals surface area contributed by atoms with Crippen LogP contribution in [0.25, 0.3) is 0 Å². The van der Waals surface area contributed by atoms with Gasteiger partial charge in [0.05, 0.1) is 4.92 Å². The van der Waals surface area contributed by atoms with Crippen LogP contribution in [0.4, 0.5) is 16.2 Å². The normalized spacial score (nSPS) is 18.2. The molecule has 1 aliphatic heterocycles. The molecule has 8 nitrogen and oxygen atoms in total. The Morgan fingerprint density at radius 2 is 2.21 bits per heavy atom. The van der Waals surface area contributed by atoms with Gasteiger partial charge in [0.25, 0.3) is 0 Å². The topological polar surface area (TPSA) is 97.6 Å². The fourth-order valence-corrected chi connectivity index (χ4v) is 2.81. The second-order valence-corrected chi connectivity index (χ2v) is 6.95. The highest BCUT2D eigenvalue weighted by molar-refractivity contribution is 5.69. The maximum atomic E-state index is 11.9. The number of hydrogen-bond acceptors (Lipinski definition) is 6. The van der Waals surface area contributed by atoms with Gasteiger partial charge < -0.3 is 15.0 Å². The second-order valence-electron chi connectivity index (χ2n) is 6.95. The second kappa shape index (κ2) is 7.02. The third-order valence-corrected chi connectivity index (χ3v) is 3.75. The summed E-state index contributed by atoms with van der Waals surface area (Å²) in [5.41, 5.74) is 0.401. The molecule has 1 N–H and O–H groups in total. The summed E-state index contributed by atoms with van der Waals surface area (Å²) in [4.78, 5) is 28.8. The van der Waals surface area contributed by atoms with E-state index in [1.807, 2.05) is 25.7 Å². The molecular formula is C16H24N4O4. The summed E-state index contributed by atoms with van der Waals surface area (Å²) in [6, 6.07) is 1.54. The van der Waals surface area contributed by atoms with Crippen molar-refractivity contribution in [3.63, 3.8) is 0 Å². The van der Waals surface area contributed by atoms with Crippen molar-refractivity contribution in [3.05, 3.63) is 28.1 Å². The number of anilines is 1. The predicted octanol–water partition coefficient (Wildman–Crippen LogP) is 2.79. The Morgan fingerprint density at radius 3 is 2.83 bits per heavy atom. The molecule has 1 fully saturated rings. The van der Waals surface area contributed by atoms with E-state index in [2.05, 4.69) is 10.3 Å². The van der Waals surface area contributed by atoms with Crippen molar-refractivity contribution in [2.24, 2.45) is 0 Å². The Morgan fingerprint density at radius 1 is 1.50 bits per heavy atom. The lowest BCUT2D eigenvalue weighted by atomic mass is 10.0. The van der Waals surface area contributed by atoms with Gasteiger partial charge in [0.2, 0.25) is 0 Å². The summed E-state index contributed by atoms with van der Waals surface area (Å²) in [5.74, 6) is 0. The molecule has 0 radical (unpaired) electrons. The quantitative estimate of drug-likeness (QED) is 0.673. The van der Waals surface area contributed by atoms with Gasteiger partial charge in [-0.1, -0.05) is 0 Å². The number of alkyl carbamates (subject to hydrolysis) is 1. The Balaban J connectivity index is 2.10. The van der Waals surface area contributed by atoms with Crippen LogP contribution < -0.4 is 10.2 Å². The first kappa shape index (κ1) is 18.0. The van der Waals surface area contributed by atoms with Gasteiger partial charge in [0.15, 0.2) is 0 Å². The average molecular weight is 336 g/mol. The molecule has 132 valence electrons.